The number of rotatable bonds is 4. The zero-order chi connectivity index (χ0) is 14.8. The first-order valence-corrected chi connectivity index (χ1v) is 8.48. The van der Waals surface area contributed by atoms with E-state index in [9.17, 15) is 14.7 Å². The Hall–Kier alpha value is -0.750. The Balaban J connectivity index is 2.25. The van der Waals surface area contributed by atoms with Crippen molar-refractivity contribution in [1.82, 2.24) is 10.2 Å². The van der Waals surface area contributed by atoms with Crippen LogP contribution in [0.4, 0.5) is 0 Å². The number of amides is 1. The smallest absolute Gasteiger partial charge is 0.327 e. The van der Waals surface area contributed by atoms with Gasteiger partial charge in [-0.25, -0.2) is 4.79 Å². The second-order valence-corrected chi connectivity index (χ2v) is 6.89. The zero-order valence-corrected chi connectivity index (χ0v) is 13.0. The average Bonchev–Trinajstić information content (AvgIpc) is 2.91. The van der Waals surface area contributed by atoms with E-state index in [0.717, 1.165) is 32.2 Å². The third-order valence-corrected chi connectivity index (χ3v) is 6.02. The van der Waals surface area contributed by atoms with Gasteiger partial charge in [-0.15, -0.1) is 11.8 Å². The maximum absolute atomic E-state index is 13.0. The van der Waals surface area contributed by atoms with E-state index in [4.69, 9.17) is 0 Å². The number of carbonyl (C=O) groups is 2. The minimum absolute atomic E-state index is 0.00829. The Morgan fingerprint density at radius 1 is 1.45 bits per heavy atom. The summed E-state index contributed by atoms with van der Waals surface area (Å²) in [5, 5.41) is 12.7. The summed E-state index contributed by atoms with van der Waals surface area (Å²) in [6.07, 6.45) is 3.41. The predicted molar refractivity (Wildman–Crippen MR) is 79.6 cm³/mol. The molecule has 6 heteroatoms. The number of carbonyl (C=O) groups excluding carboxylic acids is 1. The Kier molecular flexibility index (Phi) is 4.96. The van der Waals surface area contributed by atoms with E-state index in [2.05, 4.69) is 5.32 Å². The molecule has 2 N–H and O–H groups in total. The number of nitrogens with zero attached hydrogens (tertiary/aromatic N) is 1. The van der Waals surface area contributed by atoms with Gasteiger partial charge >= 0.3 is 5.97 Å². The summed E-state index contributed by atoms with van der Waals surface area (Å²) in [4.78, 5) is 26.1. The van der Waals surface area contributed by atoms with E-state index in [1.54, 1.807) is 16.7 Å². The molecule has 2 fully saturated rings. The predicted octanol–water partition coefficient (Wildman–Crippen LogP) is 1.53. The highest BCUT2D eigenvalue weighted by molar-refractivity contribution is 8.00. The van der Waals surface area contributed by atoms with Crippen LogP contribution >= 0.6 is 11.8 Å². The highest BCUT2D eigenvalue weighted by Crippen LogP contribution is 2.39. The van der Waals surface area contributed by atoms with Crippen molar-refractivity contribution in [2.24, 2.45) is 5.41 Å². The summed E-state index contributed by atoms with van der Waals surface area (Å²) in [7, 11) is 0. The number of aliphatic carboxylic acids is 1. The van der Waals surface area contributed by atoms with Gasteiger partial charge in [-0.2, -0.15) is 0 Å². The molecule has 2 aliphatic rings. The van der Waals surface area contributed by atoms with Crippen molar-refractivity contribution in [1.29, 1.82) is 0 Å². The van der Waals surface area contributed by atoms with Crippen LogP contribution in [0.5, 0.6) is 0 Å². The molecule has 0 aliphatic carbocycles. The van der Waals surface area contributed by atoms with Gasteiger partial charge in [0.15, 0.2) is 0 Å². The lowest BCUT2D eigenvalue weighted by atomic mass is 9.76. The van der Waals surface area contributed by atoms with Gasteiger partial charge < -0.3 is 15.3 Å². The summed E-state index contributed by atoms with van der Waals surface area (Å²) in [6.45, 7) is 5.67. The zero-order valence-electron chi connectivity index (χ0n) is 12.2. The monoisotopic (exact) mass is 300 g/mol. The molecule has 3 atom stereocenters. The largest absolute Gasteiger partial charge is 0.480 e. The number of nitrogens with one attached hydrogen (secondary N) is 1. The minimum Gasteiger partial charge on any atom is -0.480 e. The molecular weight excluding hydrogens is 276 g/mol. The summed E-state index contributed by atoms with van der Waals surface area (Å²) >= 11 is 1.59. The number of carboxylic acids is 1. The molecule has 0 bridgehead atoms. The van der Waals surface area contributed by atoms with Gasteiger partial charge in [0.05, 0.1) is 10.8 Å². The number of carboxylic acid groups (broad SMARTS) is 1. The van der Waals surface area contributed by atoms with E-state index in [1.165, 1.54) is 0 Å². The van der Waals surface area contributed by atoms with E-state index >= 15 is 0 Å². The number of hydrogen-bond acceptors (Lipinski definition) is 4. The molecule has 0 radical (unpaired) electrons. The van der Waals surface area contributed by atoms with Crippen LogP contribution in [-0.4, -0.2) is 52.1 Å². The molecule has 0 aromatic heterocycles. The molecule has 2 aliphatic heterocycles. The number of thioether (sulfide) groups is 1. The van der Waals surface area contributed by atoms with Crippen molar-refractivity contribution in [3.63, 3.8) is 0 Å². The van der Waals surface area contributed by atoms with Crippen LogP contribution in [0, 0.1) is 5.41 Å². The first kappa shape index (κ1) is 15.6. The SMILES string of the molecule is CCC1SCC(C(=O)O)N1C(=O)C1(CC)CCCNC1. The molecule has 2 rings (SSSR count). The fourth-order valence-corrected chi connectivity index (χ4v) is 4.56. The Morgan fingerprint density at radius 2 is 2.20 bits per heavy atom. The van der Waals surface area contributed by atoms with Crippen LogP contribution in [0.15, 0.2) is 0 Å². The van der Waals surface area contributed by atoms with Gasteiger partial charge in [-0.1, -0.05) is 13.8 Å². The molecule has 2 heterocycles. The quantitative estimate of drug-likeness (QED) is 0.824. The van der Waals surface area contributed by atoms with Crippen LogP contribution in [0.25, 0.3) is 0 Å². The summed E-state index contributed by atoms with van der Waals surface area (Å²) in [6, 6.07) is -0.664. The molecular formula is C14H24N2O3S. The summed E-state index contributed by atoms with van der Waals surface area (Å²) in [5.74, 6) is -0.333. The first-order chi connectivity index (χ1) is 9.55. The van der Waals surface area contributed by atoms with Crippen molar-refractivity contribution >= 4 is 23.6 Å². The van der Waals surface area contributed by atoms with E-state index in [1.807, 2.05) is 13.8 Å². The van der Waals surface area contributed by atoms with Crippen LogP contribution < -0.4 is 5.32 Å². The third kappa shape index (κ3) is 2.68. The second-order valence-electron chi connectivity index (χ2n) is 5.68. The van der Waals surface area contributed by atoms with Crippen molar-refractivity contribution in [3.05, 3.63) is 0 Å². The van der Waals surface area contributed by atoms with Gasteiger partial charge in [0.1, 0.15) is 6.04 Å². The topological polar surface area (TPSA) is 69.6 Å². The van der Waals surface area contributed by atoms with Crippen LogP contribution in [0.3, 0.4) is 0 Å². The molecule has 114 valence electrons. The van der Waals surface area contributed by atoms with Crippen LogP contribution in [0.2, 0.25) is 0 Å². The van der Waals surface area contributed by atoms with E-state index in [0.29, 0.717) is 12.3 Å². The molecule has 5 nitrogen and oxygen atoms in total. The second kappa shape index (κ2) is 6.35. The molecule has 0 spiro atoms. The van der Waals surface area contributed by atoms with E-state index < -0.39 is 17.4 Å². The molecule has 2 saturated heterocycles. The Bertz CT molecular complexity index is 383. The minimum atomic E-state index is -0.878. The van der Waals surface area contributed by atoms with Crippen LogP contribution in [0.1, 0.15) is 39.5 Å². The van der Waals surface area contributed by atoms with Crippen molar-refractivity contribution < 1.29 is 14.7 Å². The van der Waals surface area contributed by atoms with Gasteiger partial charge in [0.2, 0.25) is 5.91 Å². The highest BCUT2D eigenvalue weighted by Gasteiger charge is 2.48. The van der Waals surface area contributed by atoms with Gasteiger partial charge in [-0.05, 0) is 32.2 Å². The molecule has 0 aromatic carbocycles. The van der Waals surface area contributed by atoms with E-state index in [-0.39, 0.29) is 11.3 Å². The fourth-order valence-electron chi connectivity index (χ4n) is 3.22. The lowest BCUT2D eigenvalue weighted by molar-refractivity contribution is -0.155. The molecule has 20 heavy (non-hydrogen) atoms. The van der Waals surface area contributed by atoms with Crippen molar-refractivity contribution in [2.45, 2.75) is 50.9 Å². The first-order valence-electron chi connectivity index (χ1n) is 7.43. The fraction of sp³-hybridized carbons (Fsp3) is 0.857. The lowest BCUT2D eigenvalue weighted by Gasteiger charge is -2.41. The standard InChI is InChI=1S/C14H24N2O3S/c1-3-11-16(10(8-20-11)12(17)18)13(19)14(4-2)6-5-7-15-9-14/h10-11,15H,3-9H2,1-2H3,(H,17,18). The molecule has 1 amide bonds. The van der Waals surface area contributed by atoms with Crippen molar-refractivity contribution in [3.8, 4) is 0 Å². The number of hydrogen-bond donors (Lipinski definition) is 2. The lowest BCUT2D eigenvalue weighted by Crippen LogP contribution is -2.56. The molecule has 3 unspecified atom stereocenters. The maximum atomic E-state index is 13.0. The van der Waals surface area contributed by atoms with Crippen molar-refractivity contribution in [2.75, 3.05) is 18.8 Å². The Morgan fingerprint density at radius 3 is 2.70 bits per heavy atom. The summed E-state index contributed by atoms with van der Waals surface area (Å²) in [5.41, 5.74) is -0.412. The molecule has 0 aromatic rings. The Labute approximate surface area is 124 Å². The van der Waals surface area contributed by atoms with Gasteiger partial charge in [0.25, 0.3) is 0 Å². The van der Waals surface area contributed by atoms with Gasteiger partial charge in [0, 0.05) is 12.3 Å². The third-order valence-electron chi connectivity index (χ3n) is 4.56. The van der Waals surface area contributed by atoms with Crippen LogP contribution in [-0.2, 0) is 9.59 Å². The number of piperidine rings is 1. The average molecular weight is 300 g/mol. The highest BCUT2D eigenvalue weighted by atomic mass is 32.2. The normalized spacial score (nSPS) is 34.2. The summed E-state index contributed by atoms with van der Waals surface area (Å²) < 4.78 is 0. The maximum Gasteiger partial charge on any atom is 0.327 e. The molecule has 0 saturated carbocycles. The van der Waals surface area contributed by atoms with Gasteiger partial charge in [-0.3, -0.25) is 4.79 Å².